The van der Waals surface area contributed by atoms with Crippen LogP contribution in [0.5, 0.6) is 0 Å². The van der Waals surface area contributed by atoms with Gasteiger partial charge in [0.05, 0.1) is 22.2 Å². The number of aromatic nitrogens is 2. The first-order valence-corrected chi connectivity index (χ1v) is 33.7. The molecule has 10 aromatic carbocycles. The highest BCUT2D eigenvalue weighted by Crippen LogP contribution is 2.51. The highest BCUT2D eigenvalue weighted by molar-refractivity contribution is 6.16. The van der Waals surface area contributed by atoms with Crippen molar-refractivity contribution in [3.63, 3.8) is 0 Å². The lowest BCUT2D eigenvalue weighted by Gasteiger charge is -2.22. The summed E-state index contributed by atoms with van der Waals surface area (Å²) in [7, 11) is 0. The molecule has 2 nitrogen and oxygen atoms in total. The minimum Gasteiger partial charge on any atom is -0.335 e. The van der Waals surface area contributed by atoms with Crippen LogP contribution in [0, 0.1) is 13.8 Å². The first-order chi connectivity index (χ1) is 45.5. The maximum atomic E-state index is 4.60. The first kappa shape index (κ1) is 64.5. The van der Waals surface area contributed by atoms with Crippen LogP contribution < -0.4 is 0 Å². The van der Waals surface area contributed by atoms with Crippen LogP contribution in [0.3, 0.4) is 0 Å². The maximum Gasteiger partial charge on any atom is 0.0619 e. The summed E-state index contributed by atoms with van der Waals surface area (Å²) in [6.45, 7) is 25.5. The number of rotatable bonds is 14. The van der Waals surface area contributed by atoms with Crippen LogP contribution in [0.25, 0.3) is 89.0 Å². The van der Waals surface area contributed by atoms with Crippen LogP contribution >= 0.6 is 0 Å². The van der Waals surface area contributed by atoms with Crippen LogP contribution in [0.1, 0.15) is 142 Å². The van der Waals surface area contributed by atoms with Crippen LogP contribution in [0.15, 0.2) is 292 Å². The molecule has 0 bridgehead atoms. The zero-order chi connectivity index (χ0) is 64.8. The van der Waals surface area contributed by atoms with Gasteiger partial charge in [-0.2, -0.15) is 0 Å². The molecule has 2 heteroatoms. The van der Waals surface area contributed by atoms with Crippen LogP contribution in [-0.4, -0.2) is 9.13 Å². The summed E-state index contributed by atoms with van der Waals surface area (Å²) in [5.74, 6) is 0.161. The molecule has 2 heterocycles. The van der Waals surface area contributed by atoms with E-state index in [0.717, 1.165) is 36.1 Å². The van der Waals surface area contributed by atoms with Gasteiger partial charge in [0.1, 0.15) is 0 Å². The molecule has 14 rings (SSSR count). The number of hydrogen-bond acceptors (Lipinski definition) is 0. The summed E-state index contributed by atoms with van der Waals surface area (Å²) in [6.07, 6.45) is 26.2. The average molecular weight is 1210 g/mol. The van der Waals surface area contributed by atoms with E-state index in [4.69, 9.17) is 0 Å². The summed E-state index contributed by atoms with van der Waals surface area (Å²) >= 11 is 0. The van der Waals surface area contributed by atoms with Crippen molar-refractivity contribution in [1.29, 1.82) is 0 Å². The SMILES string of the molecule is C=Cc1c(/C(=C\C)c2ccc3c4cc(C5=CCCC=C5)cc(-c5ccccc5)c4n(-c4ccc5c(c4)C(C)(C)c4ccccc4-5)c3c2)n(Cc2cccc(-c3ccccc3)c2)c2c(C(C)/C=C\C=C/CC)cc(C)cc12.CCCC.Cc1ccccc1.c1ccccc1. The standard InChI is InChI=1S/C74H66N2.C7H8.C6H6.C4H10/c1-8-11-12-16-26-50(5)64-41-49(4)42-66-60(10-3)71(75(72(64)66)48-51-27-25-34-55(43-51)52-28-17-13-18-29-52)59(9-2)56-37-39-63-67-45-57(53-30-19-14-20-31-53)44-65(54-32-21-15-22-33-54)73(67)76(70(63)46-56)58-38-40-62-61-35-23-24-36-68(61)74(6,7)69(62)47-58;1-7-5-3-2-4-6-7;1-2-4-6-5-3-1;1-3-4-2/h9-13,15-19,21-47,50H,3,8,14,20,48H2,1-2,4-7H3;2-6H,1H3;1-6H;3-4H2,1-2H3/b12-11-,26-16-,59-9-;;;. The molecule has 0 amide bonds. The monoisotopic (exact) mass is 1210 g/mol. The van der Waals surface area contributed by atoms with Gasteiger partial charge in [-0.15, -0.1) is 0 Å². The number of fused-ring (bicyclic) bond motifs is 7. The molecule has 0 spiro atoms. The third-order valence-electron chi connectivity index (χ3n) is 18.4. The molecule has 93 heavy (non-hydrogen) atoms. The minimum absolute atomic E-state index is 0.161. The number of allylic oxidation sites excluding steroid dienone is 9. The molecule has 0 radical (unpaired) electrons. The van der Waals surface area contributed by atoms with Gasteiger partial charge in [0.2, 0.25) is 0 Å². The Labute approximate surface area is 554 Å². The molecule has 12 aromatic rings. The molecular formula is C91H90N2. The lowest BCUT2D eigenvalue weighted by atomic mass is 9.82. The molecule has 0 saturated heterocycles. The molecule has 0 saturated carbocycles. The second-order valence-corrected chi connectivity index (χ2v) is 25.3. The number of hydrogen-bond donors (Lipinski definition) is 0. The molecule has 2 aliphatic carbocycles. The normalized spacial score (nSPS) is 13.4. The summed E-state index contributed by atoms with van der Waals surface area (Å²) in [5, 5.41) is 3.71. The molecule has 0 N–H and O–H groups in total. The van der Waals surface area contributed by atoms with E-state index in [1.165, 1.54) is 135 Å². The van der Waals surface area contributed by atoms with Gasteiger partial charge in [-0.05, 0) is 149 Å². The Morgan fingerprint density at radius 3 is 1.85 bits per heavy atom. The van der Waals surface area contributed by atoms with Crippen molar-refractivity contribution in [3.8, 4) is 39.1 Å². The highest BCUT2D eigenvalue weighted by Gasteiger charge is 2.36. The number of nitrogens with zero attached hydrogens (tertiary/aromatic N) is 2. The van der Waals surface area contributed by atoms with Crippen molar-refractivity contribution >= 4 is 49.9 Å². The number of aryl methyl sites for hydroxylation is 2. The van der Waals surface area contributed by atoms with Crippen LogP contribution in [0.2, 0.25) is 0 Å². The van der Waals surface area contributed by atoms with E-state index in [2.05, 4.69) is 315 Å². The first-order valence-electron chi connectivity index (χ1n) is 33.7. The second-order valence-electron chi connectivity index (χ2n) is 25.3. The van der Waals surface area contributed by atoms with Gasteiger partial charge in [-0.25, -0.2) is 0 Å². The van der Waals surface area contributed by atoms with Crippen LogP contribution in [-0.2, 0) is 12.0 Å². The second kappa shape index (κ2) is 29.9. The Morgan fingerprint density at radius 1 is 0.548 bits per heavy atom. The topological polar surface area (TPSA) is 9.86 Å². The Morgan fingerprint density at radius 2 is 1.20 bits per heavy atom. The molecule has 0 aliphatic heterocycles. The van der Waals surface area contributed by atoms with E-state index in [-0.39, 0.29) is 11.3 Å². The Balaban J connectivity index is 0.000000455. The van der Waals surface area contributed by atoms with E-state index in [9.17, 15) is 0 Å². The van der Waals surface area contributed by atoms with E-state index in [1.54, 1.807) is 0 Å². The summed E-state index contributed by atoms with van der Waals surface area (Å²) in [4.78, 5) is 0. The van der Waals surface area contributed by atoms with E-state index < -0.39 is 0 Å². The molecule has 2 aromatic heterocycles. The zero-order valence-electron chi connectivity index (χ0n) is 56.1. The van der Waals surface area contributed by atoms with Gasteiger partial charge in [-0.1, -0.05) is 321 Å². The molecule has 2 aliphatic rings. The fraction of sp³-hybridized carbons (Fsp3) is 0.187. The fourth-order valence-electron chi connectivity index (χ4n) is 13.5. The number of unbranched alkanes of at least 4 members (excludes halogenated alkanes) is 1. The van der Waals surface area contributed by atoms with Gasteiger partial charge in [-0.3, -0.25) is 0 Å². The quantitative estimate of drug-likeness (QED) is 0.0961. The molecule has 0 fully saturated rings. The molecule has 1 unspecified atom stereocenters. The van der Waals surface area contributed by atoms with Crippen molar-refractivity contribution < 1.29 is 0 Å². The molecule has 1 atom stereocenters. The third-order valence-corrected chi connectivity index (χ3v) is 18.4. The lowest BCUT2D eigenvalue weighted by molar-refractivity contribution is 0.660. The van der Waals surface area contributed by atoms with E-state index in [1.807, 2.05) is 54.6 Å². The largest absolute Gasteiger partial charge is 0.335 e. The Kier molecular flexibility index (Phi) is 20.8. The predicted molar refractivity (Wildman–Crippen MR) is 406 cm³/mol. The van der Waals surface area contributed by atoms with Crippen molar-refractivity contribution in [3.05, 3.63) is 348 Å². The van der Waals surface area contributed by atoms with E-state index >= 15 is 0 Å². The lowest BCUT2D eigenvalue weighted by Crippen LogP contribution is -2.15. The van der Waals surface area contributed by atoms with Crippen molar-refractivity contribution in [2.24, 2.45) is 0 Å². The van der Waals surface area contributed by atoms with Gasteiger partial charge in [0, 0.05) is 56.4 Å². The predicted octanol–water partition coefficient (Wildman–Crippen LogP) is 25.7. The maximum absolute atomic E-state index is 4.60. The Bertz CT molecular complexity index is 4680. The average Bonchev–Trinajstić information content (AvgIpc) is 1.57. The summed E-state index contributed by atoms with van der Waals surface area (Å²) < 4.78 is 5.19. The van der Waals surface area contributed by atoms with Gasteiger partial charge < -0.3 is 9.13 Å². The molecular weight excluding hydrogens is 1120 g/mol. The third kappa shape index (κ3) is 13.9. The summed E-state index contributed by atoms with van der Waals surface area (Å²) in [5.41, 5.74) is 27.2. The van der Waals surface area contributed by atoms with Gasteiger partial charge >= 0.3 is 0 Å². The zero-order valence-corrected chi connectivity index (χ0v) is 56.1. The van der Waals surface area contributed by atoms with E-state index in [0.29, 0.717) is 6.54 Å². The minimum atomic E-state index is -0.162. The smallest absolute Gasteiger partial charge is 0.0619 e. The van der Waals surface area contributed by atoms with Gasteiger partial charge in [0.15, 0.2) is 0 Å². The fourth-order valence-corrected chi connectivity index (χ4v) is 13.5. The number of benzene rings is 10. The Hall–Kier alpha value is -10.0. The highest BCUT2D eigenvalue weighted by atomic mass is 15.0. The van der Waals surface area contributed by atoms with Crippen molar-refractivity contribution in [2.75, 3.05) is 0 Å². The van der Waals surface area contributed by atoms with Crippen molar-refractivity contribution in [1.82, 2.24) is 9.13 Å². The van der Waals surface area contributed by atoms with Crippen molar-refractivity contribution in [2.45, 2.75) is 112 Å². The van der Waals surface area contributed by atoms with Gasteiger partial charge in [0.25, 0.3) is 0 Å². The molecule has 464 valence electrons. The van der Waals surface area contributed by atoms with Crippen LogP contribution in [0.4, 0.5) is 0 Å². The summed E-state index contributed by atoms with van der Waals surface area (Å²) in [6, 6.07) is 86.3.